The molecule has 0 saturated heterocycles. The Morgan fingerprint density at radius 3 is 2.65 bits per heavy atom. The Morgan fingerprint density at radius 1 is 0.892 bits per heavy atom. The van der Waals surface area contributed by atoms with Crippen LogP contribution in [0.5, 0.6) is 0 Å². The average Bonchev–Trinajstić information content (AvgIpc) is 3.56. The van der Waals surface area contributed by atoms with E-state index in [0.717, 1.165) is 67.0 Å². The summed E-state index contributed by atoms with van der Waals surface area (Å²) in [6.45, 7) is 8.31. The van der Waals surface area contributed by atoms with Crippen molar-refractivity contribution in [2.24, 2.45) is 0 Å². The normalized spacial score (nSPS) is 12.1. The van der Waals surface area contributed by atoms with E-state index in [2.05, 4.69) is 82.1 Å². The highest BCUT2D eigenvalue weighted by Crippen LogP contribution is 2.35. The molecule has 3 aromatic carbocycles. The van der Waals surface area contributed by atoms with Crippen LogP contribution in [0.4, 0.5) is 0 Å². The van der Waals surface area contributed by atoms with Crippen molar-refractivity contribution in [2.45, 2.75) is 13.8 Å². The van der Waals surface area contributed by atoms with Gasteiger partial charge >= 0.3 is 0 Å². The highest BCUT2D eigenvalue weighted by atomic mass is 16.3. The molecule has 0 N–H and O–H groups in total. The number of fused-ring (bicyclic) bond motifs is 6. The van der Waals surface area contributed by atoms with Gasteiger partial charge in [0.2, 0.25) is 5.78 Å². The Morgan fingerprint density at radius 2 is 1.78 bits per heavy atom. The number of aryl methyl sites for hydroxylation is 1. The summed E-state index contributed by atoms with van der Waals surface area (Å²) in [6.07, 6.45) is 9.67. The van der Waals surface area contributed by atoms with E-state index in [-0.39, 0.29) is 0 Å². The Kier molecular flexibility index (Phi) is 4.66. The van der Waals surface area contributed by atoms with Crippen LogP contribution in [0.15, 0.2) is 96.2 Å². The van der Waals surface area contributed by atoms with Crippen LogP contribution in [0, 0.1) is 6.92 Å². The summed E-state index contributed by atoms with van der Waals surface area (Å²) in [6, 6.07) is 23.3. The van der Waals surface area contributed by atoms with Crippen LogP contribution in [0.25, 0.3) is 67.7 Å². The maximum absolute atomic E-state index is 6.00. The Labute approximate surface area is 213 Å². The average molecular weight is 481 g/mol. The monoisotopic (exact) mass is 480 g/mol. The van der Waals surface area contributed by atoms with Gasteiger partial charge in [0, 0.05) is 17.0 Å². The first kappa shape index (κ1) is 21.4. The van der Waals surface area contributed by atoms with Gasteiger partial charge in [-0.2, -0.15) is 0 Å². The molecule has 7 aromatic rings. The number of para-hydroxylation sites is 2. The number of hydrogen-bond donors (Lipinski definition) is 0. The van der Waals surface area contributed by atoms with Gasteiger partial charge in [-0.05, 0) is 85.2 Å². The lowest BCUT2D eigenvalue weighted by Crippen LogP contribution is -1.99. The molecule has 7 rings (SSSR count). The SMILES string of the molecule is C=Cc1c(/C=C\C)n(-c2cc(C)cc(-c3ccc4oc5cnccc5c4c3)c2)c2nc3ccccc3n12. The van der Waals surface area contributed by atoms with Crippen LogP contribution < -0.4 is 0 Å². The maximum atomic E-state index is 6.00. The number of pyridine rings is 1. The molecule has 0 aliphatic carbocycles. The van der Waals surface area contributed by atoms with Crippen molar-refractivity contribution in [3.63, 3.8) is 0 Å². The molecular formula is C32H24N4O. The molecule has 178 valence electrons. The van der Waals surface area contributed by atoms with Crippen molar-refractivity contribution >= 4 is 50.9 Å². The van der Waals surface area contributed by atoms with Crippen molar-refractivity contribution in [3.05, 3.63) is 109 Å². The molecule has 0 bridgehead atoms. The Bertz CT molecular complexity index is 2030. The van der Waals surface area contributed by atoms with Crippen LogP contribution in [0.1, 0.15) is 23.9 Å². The molecule has 0 aliphatic heterocycles. The lowest BCUT2D eigenvalue weighted by molar-refractivity contribution is 0.667. The Hall–Kier alpha value is -4.90. The fourth-order valence-electron chi connectivity index (χ4n) is 5.38. The first-order valence-electron chi connectivity index (χ1n) is 12.3. The number of allylic oxidation sites excluding steroid dienone is 1. The van der Waals surface area contributed by atoms with Gasteiger partial charge in [0.25, 0.3) is 0 Å². The van der Waals surface area contributed by atoms with E-state index in [9.17, 15) is 0 Å². The van der Waals surface area contributed by atoms with Gasteiger partial charge in [0.05, 0.1) is 34.3 Å². The van der Waals surface area contributed by atoms with Crippen molar-refractivity contribution in [2.75, 3.05) is 0 Å². The molecule has 4 aromatic heterocycles. The standard InChI is InChI=1S/C32H24N4O/c1-4-8-29-27(5-2)36-28-10-7-6-9-26(28)34-32(36)35(29)23-16-20(3)15-22(17-23)21-11-12-30-25(18-21)24-13-14-33-19-31(24)37-30/h4-19H,2H2,1,3H3/b8-4-. The van der Waals surface area contributed by atoms with Crippen molar-refractivity contribution in [3.8, 4) is 16.8 Å². The summed E-state index contributed by atoms with van der Waals surface area (Å²) in [5.74, 6) is 0.865. The van der Waals surface area contributed by atoms with E-state index in [1.807, 2.05) is 37.3 Å². The zero-order valence-electron chi connectivity index (χ0n) is 20.6. The lowest BCUT2D eigenvalue weighted by Gasteiger charge is -2.12. The molecule has 4 heterocycles. The molecule has 5 nitrogen and oxygen atoms in total. The van der Waals surface area contributed by atoms with Crippen molar-refractivity contribution in [1.29, 1.82) is 0 Å². The zero-order valence-corrected chi connectivity index (χ0v) is 20.6. The molecule has 37 heavy (non-hydrogen) atoms. The summed E-state index contributed by atoms with van der Waals surface area (Å²) in [5.41, 5.74) is 10.2. The van der Waals surface area contributed by atoms with Gasteiger partial charge in [-0.1, -0.05) is 36.9 Å². The van der Waals surface area contributed by atoms with Gasteiger partial charge in [0.1, 0.15) is 5.58 Å². The van der Waals surface area contributed by atoms with Crippen molar-refractivity contribution < 1.29 is 4.42 Å². The number of furan rings is 1. The second kappa shape index (κ2) is 8.07. The minimum absolute atomic E-state index is 0.800. The Balaban J connectivity index is 1.50. The predicted molar refractivity (Wildman–Crippen MR) is 152 cm³/mol. The fourth-order valence-corrected chi connectivity index (χ4v) is 5.38. The largest absolute Gasteiger partial charge is 0.454 e. The van der Waals surface area contributed by atoms with Gasteiger partial charge in [-0.3, -0.25) is 14.0 Å². The fraction of sp³-hybridized carbons (Fsp3) is 0.0625. The highest BCUT2D eigenvalue weighted by Gasteiger charge is 2.20. The van der Waals surface area contributed by atoms with Crippen LogP contribution in [0.2, 0.25) is 0 Å². The molecule has 0 saturated carbocycles. The molecule has 0 radical (unpaired) electrons. The summed E-state index contributed by atoms with van der Waals surface area (Å²) >= 11 is 0. The van der Waals surface area contributed by atoms with E-state index in [4.69, 9.17) is 9.40 Å². The first-order valence-corrected chi connectivity index (χ1v) is 12.3. The quantitative estimate of drug-likeness (QED) is 0.255. The van der Waals surface area contributed by atoms with Gasteiger partial charge in [0.15, 0.2) is 5.58 Å². The second-order valence-corrected chi connectivity index (χ2v) is 9.29. The number of aromatic nitrogens is 4. The third-order valence-corrected chi connectivity index (χ3v) is 6.93. The third-order valence-electron chi connectivity index (χ3n) is 6.93. The molecule has 0 unspecified atom stereocenters. The molecule has 0 atom stereocenters. The smallest absolute Gasteiger partial charge is 0.220 e. The number of benzene rings is 3. The minimum atomic E-state index is 0.800. The number of imidazole rings is 2. The molecule has 0 spiro atoms. The minimum Gasteiger partial charge on any atom is -0.454 e. The van der Waals surface area contributed by atoms with Crippen LogP contribution in [-0.2, 0) is 0 Å². The highest BCUT2D eigenvalue weighted by molar-refractivity contribution is 6.06. The zero-order chi connectivity index (χ0) is 25.1. The van der Waals surface area contributed by atoms with E-state index in [1.165, 1.54) is 5.56 Å². The van der Waals surface area contributed by atoms with E-state index >= 15 is 0 Å². The summed E-state index contributed by atoms with van der Waals surface area (Å²) in [7, 11) is 0. The number of rotatable bonds is 4. The van der Waals surface area contributed by atoms with E-state index in [1.54, 1.807) is 12.4 Å². The maximum Gasteiger partial charge on any atom is 0.220 e. The van der Waals surface area contributed by atoms with Crippen LogP contribution in [-0.4, -0.2) is 18.9 Å². The summed E-state index contributed by atoms with van der Waals surface area (Å²) in [5, 5.41) is 2.16. The summed E-state index contributed by atoms with van der Waals surface area (Å²) in [4.78, 5) is 9.23. The first-order chi connectivity index (χ1) is 18.2. The van der Waals surface area contributed by atoms with Gasteiger partial charge in [-0.25, -0.2) is 4.98 Å². The molecule has 0 fully saturated rings. The molecule has 5 heteroatoms. The molecule has 0 amide bonds. The van der Waals surface area contributed by atoms with Gasteiger partial charge in [-0.15, -0.1) is 0 Å². The predicted octanol–water partition coefficient (Wildman–Crippen LogP) is 8.22. The van der Waals surface area contributed by atoms with Crippen molar-refractivity contribution in [1.82, 2.24) is 18.9 Å². The number of nitrogens with zero attached hydrogens (tertiary/aromatic N) is 4. The van der Waals surface area contributed by atoms with Crippen LogP contribution >= 0.6 is 0 Å². The number of hydrogen-bond acceptors (Lipinski definition) is 3. The van der Waals surface area contributed by atoms with Crippen LogP contribution in [0.3, 0.4) is 0 Å². The van der Waals surface area contributed by atoms with E-state index < -0.39 is 0 Å². The third kappa shape index (κ3) is 3.17. The molecular weight excluding hydrogens is 456 g/mol. The lowest BCUT2D eigenvalue weighted by atomic mass is 10.0. The summed E-state index contributed by atoms with van der Waals surface area (Å²) < 4.78 is 10.4. The second-order valence-electron chi connectivity index (χ2n) is 9.29. The molecule has 0 aliphatic rings. The van der Waals surface area contributed by atoms with E-state index in [0.29, 0.717) is 0 Å². The van der Waals surface area contributed by atoms with Gasteiger partial charge < -0.3 is 4.42 Å². The topological polar surface area (TPSA) is 48.3 Å².